The SMILES string of the molecule is C[C@H]1CN(C(=O)NC2CC(F)(F)C2)Cc2c(C(N)=O)c(-c3ccc(Cl)c(Cl)c3)nn21. The normalized spacial score (nSPS) is 20.4. The van der Waals surface area contributed by atoms with E-state index in [1.807, 2.05) is 6.92 Å². The van der Waals surface area contributed by atoms with E-state index < -0.39 is 23.9 Å². The third-order valence-electron chi connectivity index (χ3n) is 5.40. The van der Waals surface area contributed by atoms with Crippen LogP contribution in [0.2, 0.25) is 10.0 Å². The number of aromatic nitrogens is 2. The van der Waals surface area contributed by atoms with E-state index in [2.05, 4.69) is 10.4 Å². The highest BCUT2D eigenvalue weighted by molar-refractivity contribution is 6.42. The lowest BCUT2D eigenvalue weighted by Crippen LogP contribution is -2.55. The zero-order valence-electron chi connectivity index (χ0n) is 16.0. The smallest absolute Gasteiger partial charge is 0.318 e. The Morgan fingerprint density at radius 1 is 1.27 bits per heavy atom. The standard InChI is InChI=1S/C19H19Cl2F2N5O2/c1-9-7-27(18(30)25-11-5-19(22,23)6-11)8-14-15(17(24)29)16(26-28(9)14)10-2-3-12(20)13(21)4-10/h2-4,9,11H,5-8H2,1H3,(H2,24,29)(H,25,30)/t9-/m0/s1. The lowest BCUT2D eigenvalue weighted by atomic mass is 9.88. The zero-order valence-corrected chi connectivity index (χ0v) is 17.5. The Balaban J connectivity index is 1.64. The van der Waals surface area contributed by atoms with Crippen molar-refractivity contribution in [3.63, 3.8) is 0 Å². The fourth-order valence-corrected chi connectivity index (χ4v) is 4.21. The Morgan fingerprint density at radius 3 is 2.57 bits per heavy atom. The molecule has 30 heavy (non-hydrogen) atoms. The number of primary amides is 1. The molecule has 3 N–H and O–H groups in total. The van der Waals surface area contributed by atoms with Gasteiger partial charge in [-0.15, -0.1) is 0 Å². The lowest BCUT2D eigenvalue weighted by Gasteiger charge is -2.38. The van der Waals surface area contributed by atoms with Crippen molar-refractivity contribution in [2.75, 3.05) is 6.54 Å². The van der Waals surface area contributed by atoms with Crippen LogP contribution in [0.5, 0.6) is 0 Å². The molecular formula is C19H19Cl2F2N5O2. The number of amides is 3. The van der Waals surface area contributed by atoms with Crippen LogP contribution in [0.4, 0.5) is 13.6 Å². The maximum atomic E-state index is 13.1. The minimum atomic E-state index is -2.72. The maximum Gasteiger partial charge on any atom is 0.318 e. The Hall–Kier alpha value is -2.39. The van der Waals surface area contributed by atoms with E-state index in [0.717, 1.165) is 0 Å². The van der Waals surface area contributed by atoms with Gasteiger partial charge in [0, 0.05) is 31.0 Å². The molecule has 1 aliphatic carbocycles. The number of rotatable bonds is 3. The third-order valence-corrected chi connectivity index (χ3v) is 6.14. The number of hydrogen-bond acceptors (Lipinski definition) is 3. The summed E-state index contributed by atoms with van der Waals surface area (Å²) in [5, 5.41) is 7.85. The average molecular weight is 458 g/mol. The van der Waals surface area contributed by atoms with Crippen molar-refractivity contribution in [2.45, 2.75) is 44.3 Å². The number of carbonyl (C=O) groups is 2. The van der Waals surface area contributed by atoms with Crippen molar-refractivity contribution in [3.8, 4) is 11.3 Å². The molecule has 2 heterocycles. The van der Waals surface area contributed by atoms with E-state index in [-0.39, 0.29) is 31.0 Å². The molecular weight excluding hydrogens is 439 g/mol. The van der Waals surface area contributed by atoms with Crippen LogP contribution in [0, 0.1) is 0 Å². The van der Waals surface area contributed by atoms with Crippen molar-refractivity contribution in [2.24, 2.45) is 5.73 Å². The van der Waals surface area contributed by atoms with Gasteiger partial charge in [-0.1, -0.05) is 29.3 Å². The topological polar surface area (TPSA) is 93.2 Å². The molecule has 2 aromatic rings. The van der Waals surface area contributed by atoms with Gasteiger partial charge >= 0.3 is 6.03 Å². The molecule has 7 nitrogen and oxygen atoms in total. The van der Waals surface area contributed by atoms with E-state index in [4.69, 9.17) is 28.9 Å². The lowest BCUT2D eigenvalue weighted by molar-refractivity contribution is -0.0904. The summed E-state index contributed by atoms with van der Waals surface area (Å²) in [6.07, 6.45) is -0.734. The first-order valence-electron chi connectivity index (χ1n) is 9.35. The number of nitrogens with two attached hydrogens (primary N) is 1. The summed E-state index contributed by atoms with van der Waals surface area (Å²) in [4.78, 5) is 26.4. The number of urea groups is 1. The van der Waals surface area contributed by atoms with Crippen LogP contribution in [0.15, 0.2) is 18.2 Å². The molecule has 1 aromatic heterocycles. The Kier molecular flexibility index (Phi) is 5.14. The first-order valence-corrected chi connectivity index (χ1v) is 10.1. The number of carbonyl (C=O) groups excluding carboxylic acids is 2. The van der Waals surface area contributed by atoms with Crippen molar-refractivity contribution >= 4 is 35.1 Å². The van der Waals surface area contributed by atoms with Gasteiger partial charge in [0.25, 0.3) is 11.8 Å². The van der Waals surface area contributed by atoms with Crippen LogP contribution in [0.3, 0.4) is 0 Å². The van der Waals surface area contributed by atoms with Gasteiger partial charge < -0.3 is 16.0 Å². The second kappa shape index (κ2) is 7.39. The molecule has 1 saturated carbocycles. The highest BCUT2D eigenvalue weighted by Gasteiger charge is 2.46. The van der Waals surface area contributed by atoms with Gasteiger partial charge in [0.1, 0.15) is 5.69 Å². The fourth-order valence-electron chi connectivity index (χ4n) is 3.92. The molecule has 160 valence electrons. The predicted octanol–water partition coefficient (Wildman–Crippen LogP) is 3.84. The second-order valence-corrected chi connectivity index (χ2v) is 8.56. The number of alkyl halides is 2. The van der Waals surface area contributed by atoms with Gasteiger partial charge in [-0.25, -0.2) is 13.6 Å². The summed E-state index contributed by atoms with van der Waals surface area (Å²) in [5.74, 6) is -3.41. The second-order valence-electron chi connectivity index (χ2n) is 7.75. The zero-order chi connectivity index (χ0) is 21.8. The third kappa shape index (κ3) is 3.72. The number of benzene rings is 1. The van der Waals surface area contributed by atoms with Gasteiger partial charge in [0.2, 0.25) is 0 Å². The van der Waals surface area contributed by atoms with Crippen LogP contribution >= 0.6 is 23.2 Å². The maximum absolute atomic E-state index is 13.1. The molecule has 0 saturated heterocycles. The van der Waals surface area contributed by atoms with Crippen LogP contribution < -0.4 is 11.1 Å². The molecule has 1 aliphatic heterocycles. The molecule has 1 atom stereocenters. The van der Waals surface area contributed by atoms with Crippen LogP contribution in [0.25, 0.3) is 11.3 Å². The summed E-state index contributed by atoms with van der Waals surface area (Å²) in [5.41, 5.74) is 7.23. The van der Waals surface area contributed by atoms with Crippen LogP contribution in [-0.4, -0.2) is 45.1 Å². The van der Waals surface area contributed by atoms with Crippen molar-refractivity contribution in [1.82, 2.24) is 20.0 Å². The number of nitrogens with zero attached hydrogens (tertiary/aromatic N) is 3. The summed E-state index contributed by atoms with van der Waals surface area (Å²) in [7, 11) is 0. The summed E-state index contributed by atoms with van der Waals surface area (Å²) in [6.45, 7) is 2.23. The minimum Gasteiger partial charge on any atom is -0.365 e. The van der Waals surface area contributed by atoms with E-state index in [1.165, 1.54) is 4.90 Å². The van der Waals surface area contributed by atoms with Crippen LogP contribution in [-0.2, 0) is 6.54 Å². The molecule has 3 amide bonds. The van der Waals surface area contributed by atoms with Gasteiger partial charge in [-0.2, -0.15) is 5.10 Å². The van der Waals surface area contributed by atoms with Gasteiger partial charge in [0.15, 0.2) is 0 Å². The van der Waals surface area contributed by atoms with Gasteiger partial charge in [-0.3, -0.25) is 9.48 Å². The largest absolute Gasteiger partial charge is 0.365 e. The molecule has 11 heteroatoms. The van der Waals surface area contributed by atoms with Gasteiger partial charge in [0.05, 0.1) is 33.9 Å². The molecule has 0 unspecified atom stereocenters. The van der Waals surface area contributed by atoms with Crippen molar-refractivity contribution < 1.29 is 18.4 Å². The molecule has 1 fully saturated rings. The molecule has 0 spiro atoms. The Morgan fingerprint density at radius 2 is 1.97 bits per heavy atom. The van der Waals surface area contributed by atoms with E-state index in [9.17, 15) is 18.4 Å². The fraction of sp³-hybridized carbons (Fsp3) is 0.421. The predicted molar refractivity (Wildman–Crippen MR) is 108 cm³/mol. The molecule has 1 aromatic carbocycles. The highest BCUT2D eigenvalue weighted by atomic mass is 35.5. The first-order chi connectivity index (χ1) is 14.1. The van der Waals surface area contributed by atoms with Crippen LogP contribution in [0.1, 0.15) is 41.9 Å². The first kappa shape index (κ1) is 20.9. The number of nitrogens with one attached hydrogen (secondary N) is 1. The average Bonchev–Trinajstić information content (AvgIpc) is 3.02. The quantitative estimate of drug-likeness (QED) is 0.732. The van der Waals surface area contributed by atoms with Crippen molar-refractivity contribution in [1.29, 1.82) is 0 Å². The Labute approximate surface area is 181 Å². The number of hydrogen-bond donors (Lipinski definition) is 2. The van der Waals surface area contributed by atoms with E-state index >= 15 is 0 Å². The monoisotopic (exact) mass is 457 g/mol. The molecule has 0 bridgehead atoms. The molecule has 4 rings (SSSR count). The van der Waals surface area contributed by atoms with E-state index in [0.29, 0.717) is 33.5 Å². The molecule has 2 aliphatic rings. The number of fused-ring (bicyclic) bond motifs is 1. The van der Waals surface area contributed by atoms with Gasteiger partial charge in [-0.05, 0) is 19.1 Å². The summed E-state index contributed by atoms with van der Waals surface area (Å²) in [6, 6.07) is 3.60. The summed E-state index contributed by atoms with van der Waals surface area (Å²) >= 11 is 12.1. The highest BCUT2D eigenvalue weighted by Crippen LogP contribution is 2.38. The Bertz CT molecular complexity index is 1030. The molecule has 0 radical (unpaired) electrons. The van der Waals surface area contributed by atoms with E-state index in [1.54, 1.807) is 22.9 Å². The summed E-state index contributed by atoms with van der Waals surface area (Å²) < 4.78 is 27.8. The van der Waals surface area contributed by atoms with Crippen molar-refractivity contribution in [3.05, 3.63) is 39.5 Å². The minimum absolute atomic E-state index is 0.0753. The number of halogens is 4.